The number of ether oxygens (including phenoxy) is 1. The van der Waals surface area contributed by atoms with E-state index in [0.29, 0.717) is 29.1 Å². The fourth-order valence-electron chi connectivity index (χ4n) is 3.20. The number of rotatable bonds is 0. The molecule has 9 heteroatoms. The maximum Gasteiger partial charge on any atom is 0.258 e. The van der Waals surface area contributed by atoms with Gasteiger partial charge < -0.3 is 10.5 Å². The predicted octanol–water partition coefficient (Wildman–Crippen LogP) is 4.28. The number of nitrogens with zero attached hydrogens (tertiary/aromatic N) is 5. The zero-order valence-electron chi connectivity index (χ0n) is 17.3. The topological polar surface area (TPSA) is 103 Å². The molecule has 3 aromatic rings. The number of aromatic nitrogens is 4. The number of hydrogen-bond donors (Lipinski definition) is 1. The molecule has 3 heterocycles. The van der Waals surface area contributed by atoms with Gasteiger partial charge in [-0.25, -0.2) is 14.4 Å². The SMILES string of the molecule is CC.CC1Oc2nc(cnc2N)-c2c(nn(C)c2C#N)CCSc2ccc(F)cc21. The Bertz CT molecular complexity index is 1110. The van der Waals surface area contributed by atoms with E-state index < -0.39 is 6.10 Å². The van der Waals surface area contributed by atoms with Crippen molar-refractivity contribution >= 4 is 17.6 Å². The minimum atomic E-state index is -0.478. The molecule has 4 rings (SSSR count). The van der Waals surface area contributed by atoms with E-state index in [9.17, 15) is 9.65 Å². The van der Waals surface area contributed by atoms with Crippen LogP contribution in [0.25, 0.3) is 11.3 Å². The van der Waals surface area contributed by atoms with Crippen LogP contribution in [0.5, 0.6) is 5.88 Å². The molecule has 0 aliphatic carbocycles. The Hall–Kier alpha value is -3.12. The van der Waals surface area contributed by atoms with Crippen LogP contribution < -0.4 is 10.5 Å². The van der Waals surface area contributed by atoms with Gasteiger partial charge in [-0.1, -0.05) is 13.8 Å². The van der Waals surface area contributed by atoms with Crippen molar-refractivity contribution in [1.29, 1.82) is 5.26 Å². The number of benzene rings is 1. The molecule has 1 aliphatic rings. The summed E-state index contributed by atoms with van der Waals surface area (Å²) < 4.78 is 21.3. The zero-order chi connectivity index (χ0) is 21.8. The molecule has 0 saturated heterocycles. The fourth-order valence-corrected chi connectivity index (χ4v) is 4.27. The van der Waals surface area contributed by atoms with Gasteiger partial charge >= 0.3 is 0 Å². The van der Waals surface area contributed by atoms with Gasteiger partial charge in [0.05, 0.1) is 23.1 Å². The number of aryl methyl sites for hydroxylation is 2. The smallest absolute Gasteiger partial charge is 0.258 e. The lowest BCUT2D eigenvalue weighted by Crippen LogP contribution is -2.10. The largest absolute Gasteiger partial charge is 0.467 e. The van der Waals surface area contributed by atoms with Crippen LogP contribution in [0.1, 0.15) is 43.8 Å². The van der Waals surface area contributed by atoms with Gasteiger partial charge in [-0.3, -0.25) is 4.68 Å². The third-order valence-corrected chi connectivity index (χ3v) is 5.63. The molecule has 0 amide bonds. The van der Waals surface area contributed by atoms with Crippen molar-refractivity contribution in [3.05, 3.63) is 47.2 Å². The molecule has 0 fully saturated rings. The summed E-state index contributed by atoms with van der Waals surface area (Å²) in [6.07, 6.45) is 1.65. The van der Waals surface area contributed by atoms with E-state index in [4.69, 9.17) is 10.5 Å². The zero-order valence-corrected chi connectivity index (χ0v) is 18.1. The Morgan fingerprint density at radius 1 is 1.37 bits per heavy atom. The predicted molar refractivity (Wildman–Crippen MR) is 115 cm³/mol. The molecule has 0 saturated carbocycles. The van der Waals surface area contributed by atoms with Crippen LogP contribution in [0.3, 0.4) is 0 Å². The molecule has 0 spiro atoms. The second-order valence-electron chi connectivity index (χ2n) is 6.39. The number of thioether (sulfide) groups is 1. The van der Waals surface area contributed by atoms with E-state index in [1.807, 2.05) is 20.8 Å². The van der Waals surface area contributed by atoms with Crippen molar-refractivity contribution < 1.29 is 9.13 Å². The lowest BCUT2D eigenvalue weighted by atomic mass is 10.1. The molecule has 0 radical (unpaired) electrons. The second kappa shape index (κ2) is 9.13. The summed E-state index contributed by atoms with van der Waals surface area (Å²) in [6, 6.07) is 6.82. The number of fused-ring (bicyclic) bond motifs is 5. The Kier molecular flexibility index (Phi) is 6.57. The quantitative estimate of drug-likeness (QED) is 0.572. The first-order chi connectivity index (χ1) is 14.5. The van der Waals surface area contributed by atoms with Crippen LogP contribution in [0.4, 0.5) is 10.2 Å². The van der Waals surface area contributed by atoms with Gasteiger partial charge in [0, 0.05) is 29.7 Å². The first kappa shape index (κ1) is 21.6. The lowest BCUT2D eigenvalue weighted by molar-refractivity contribution is 0.215. The van der Waals surface area contributed by atoms with Crippen LogP contribution >= 0.6 is 11.8 Å². The normalized spacial score (nSPS) is 15.1. The summed E-state index contributed by atoms with van der Waals surface area (Å²) >= 11 is 1.59. The standard InChI is InChI=1S/C19H17FN6OS.C2H6/c1-10-12-7-11(20)3-4-16(12)28-6-5-13-17(15(8-21)26(2)25-13)14-9-23-18(22)19(24-14)27-10;1-2/h3-4,7,9-10H,5-6H2,1-2H3,(H2,22,23);1-2H3. The van der Waals surface area contributed by atoms with Crippen LogP contribution in [-0.2, 0) is 13.5 Å². The van der Waals surface area contributed by atoms with Crippen molar-refractivity contribution in [2.24, 2.45) is 7.05 Å². The maximum absolute atomic E-state index is 13.8. The molecular formula is C21H23FN6OS. The van der Waals surface area contributed by atoms with E-state index in [2.05, 4.69) is 21.1 Å². The highest BCUT2D eigenvalue weighted by Gasteiger charge is 2.23. The first-order valence-electron chi connectivity index (χ1n) is 9.65. The lowest BCUT2D eigenvalue weighted by Gasteiger charge is -2.19. The Labute approximate surface area is 179 Å². The molecular weight excluding hydrogens is 403 g/mol. The maximum atomic E-state index is 13.8. The Morgan fingerprint density at radius 3 is 2.87 bits per heavy atom. The summed E-state index contributed by atoms with van der Waals surface area (Å²) in [5.74, 6) is 0.641. The minimum Gasteiger partial charge on any atom is -0.467 e. The molecule has 2 N–H and O–H groups in total. The first-order valence-corrected chi connectivity index (χ1v) is 10.6. The van der Waals surface area contributed by atoms with Crippen LogP contribution in [-0.4, -0.2) is 25.5 Å². The van der Waals surface area contributed by atoms with Gasteiger partial charge in [0.1, 0.15) is 23.7 Å². The number of nitrogen functional groups attached to an aromatic ring is 1. The molecule has 2 aromatic heterocycles. The summed E-state index contributed by atoms with van der Waals surface area (Å²) in [6.45, 7) is 5.81. The van der Waals surface area contributed by atoms with Crippen LogP contribution in [0.15, 0.2) is 29.3 Å². The molecule has 1 aliphatic heterocycles. The monoisotopic (exact) mass is 426 g/mol. The van der Waals surface area contributed by atoms with Crippen molar-refractivity contribution in [3.8, 4) is 23.2 Å². The van der Waals surface area contributed by atoms with Crippen molar-refractivity contribution in [1.82, 2.24) is 19.7 Å². The molecule has 1 aromatic carbocycles. The van der Waals surface area contributed by atoms with Crippen molar-refractivity contribution in [2.45, 2.75) is 38.2 Å². The van der Waals surface area contributed by atoms with E-state index in [1.54, 1.807) is 29.6 Å². The molecule has 30 heavy (non-hydrogen) atoms. The molecule has 2 bridgehead atoms. The van der Waals surface area contributed by atoms with Crippen LogP contribution in [0.2, 0.25) is 0 Å². The minimum absolute atomic E-state index is 0.127. The van der Waals surface area contributed by atoms with E-state index in [-0.39, 0.29) is 17.5 Å². The average molecular weight is 427 g/mol. The number of hydrogen-bond acceptors (Lipinski definition) is 7. The second-order valence-corrected chi connectivity index (χ2v) is 7.53. The van der Waals surface area contributed by atoms with E-state index >= 15 is 0 Å². The highest BCUT2D eigenvalue weighted by molar-refractivity contribution is 7.99. The number of anilines is 1. The molecule has 1 unspecified atom stereocenters. The molecule has 1 atom stereocenters. The highest BCUT2D eigenvalue weighted by Crippen LogP contribution is 2.35. The van der Waals surface area contributed by atoms with Crippen molar-refractivity contribution in [2.75, 3.05) is 11.5 Å². The fraction of sp³-hybridized carbons (Fsp3) is 0.333. The number of nitrogens with two attached hydrogens (primary N) is 1. The van der Waals surface area contributed by atoms with Gasteiger partial charge in [0.25, 0.3) is 5.88 Å². The van der Waals surface area contributed by atoms with E-state index in [0.717, 1.165) is 16.2 Å². The van der Waals surface area contributed by atoms with Gasteiger partial charge in [-0.05, 0) is 25.1 Å². The number of nitriles is 1. The third-order valence-electron chi connectivity index (χ3n) is 4.54. The van der Waals surface area contributed by atoms with Crippen molar-refractivity contribution in [3.63, 3.8) is 0 Å². The summed E-state index contributed by atoms with van der Waals surface area (Å²) in [5.41, 5.74) is 8.93. The summed E-state index contributed by atoms with van der Waals surface area (Å²) in [5, 5.41) is 14.1. The molecule has 7 nitrogen and oxygen atoms in total. The van der Waals surface area contributed by atoms with Gasteiger partial charge in [-0.15, -0.1) is 11.8 Å². The van der Waals surface area contributed by atoms with Gasteiger partial charge in [-0.2, -0.15) is 10.4 Å². The highest BCUT2D eigenvalue weighted by atomic mass is 32.2. The Balaban J connectivity index is 0.00000124. The Morgan fingerprint density at radius 2 is 2.13 bits per heavy atom. The van der Waals surface area contributed by atoms with Gasteiger partial charge in [0.2, 0.25) is 0 Å². The van der Waals surface area contributed by atoms with Crippen LogP contribution in [0, 0.1) is 17.1 Å². The van der Waals surface area contributed by atoms with E-state index in [1.165, 1.54) is 18.3 Å². The molecule has 156 valence electrons. The summed E-state index contributed by atoms with van der Waals surface area (Å²) in [4.78, 5) is 9.60. The third kappa shape index (κ3) is 4.09. The summed E-state index contributed by atoms with van der Waals surface area (Å²) in [7, 11) is 1.72. The average Bonchev–Trinajstić information content (AvgIpc) is 3.06. The van der Waals surface area contributed by atoms with Gasteiger partial charge in [0.15, 0.2) is 5.82 Å². The number of halogens is 1.